The summed E-state index contributed by atoms with van der Waals surface area (Å²) in [7, 11) is 0. The summed E-state index contributed by atoms with van der Waals surface area (Å²) in [6, 6.07) is 7.16. The van der Waals surface area contributed by atoms with Crippen molar-refractivity contribution < 1.29 is 18.0 Å². The molecule has 0 bridgehead atoms. The van der Waals surface area contributed by atoms with Gasteiger partial charge in [-0.15, -0.1) is 4.80 Å². The number of anilines is 1. The highest BCUT2D eigenvalue weighted by molar-refractivity contribution is 7.08. The van der Waals surface area contributed by atoms with Crippen LogP contribution in [-0.2, 0) is 6.18 Å². The fourth-order valence-corrected chi connectivity index (χ4v) is 4.53. The number of fused-ring (bicyclic) bond motifs is 1. The summed E-state index contributed by atoms with van der Waals surface area (Å²) in [5, 5.41) is 10.7. The molecule has 5 rings (SSSR count). The van der Waals surface area contributed by atoms with E-state index in [2.05, 4.69) is 29.9 Å². The van der Waals surface area contributed by atoms with Gasteiger partial charge in [-0.05, 0) is 35.1 Å². The van der Waals surface area contributed by atoms with Crippen LogP contribution in [0.3, 0.4) is 0 Å². The molecule has 4 heterocycles. The highest BCUT2D eigenvalue weighted by atomic mass is 35.5. The number of hydrogen-bond donors (Lipinski definition) is 2. The van der Waals surface area contributed by atoms with Gasteiger partial charge in [0, 0.05) is 17.1 Å². The van der Waals surface area contributed by atoms with E-state index >= 15 is 0 Å². The first kappa shape index (κ1) is 22.7. The van der Waals surface area contributed by atoms with Crippen molar-refractivity contribution in [3.63, 3.8) is 0 Å². The number of rotatable bonds is 4. The minimum atomic E-state index is -4.90. The van der Waals surface area contributed by atoms with Crippen LogP contribution >= 0.6 is 23.1 Å². The molecule has 0 radical (unpaired) electrons. The molecule has 0 unspecified atom stereocenters. The van der Waals surface area contributed by atoms with Crippen molar-refractivity contribution in [2.75, 3.05) is 5.32 Å². The van der Waals surface area contributed by atoms with Crippen molar-refractivity contribution in [1.29, 1.82) is 0 Å². The van der Waals surface area contributed by atoms with Gasteiger partial charge in [-0.2, -0.15) is 27.7 Å². The molecule has 35 heavy (non-hydrogen) atoms. The first-order valence-corrected chi connectivity index (χ1v) is 10.9. The van der Waals surface area contributed by atoms with E-state index in [1.165, 1.54) is 55.1 Å². The highest BCUT2D eigenvalue weighted by Gasteiger charge is 2.41. The van der Waals surface area contributed by atoms with Gasteiger partial charge in [0.25, 0.3) is 11.5 Å². The van der Waals surface area contributed by atoms with E-state index in [1.54, 1.807) is 0 Å². The number of halogens is 4. The lowest BCUT2D eigenvalue weighted by Crippen LogP contribution is -2.17. The van der Waals surface area contributed by atoms with Gasteiger partial charge in [-0.1, -0.05) is 23.7 Å². The Morgan fingerprint density at radius 1 is 1.14 bits per heavy atom. The topological polar surface area (TPSA) is 118 Å². The molecule has 2 N–H and O–H groups in total. The number of alkyl halides is 3. The fraction of sp³-hybridized carbons (Fsp3) is 0.0476. The smallest absolute Gasteiger partial charge is 0.329 e. The predicted octanol–water partition coefficient (Wildman–Crippen LogP) is 4.55. The molecule has 0 aliphatic heterocycles. The number of carbonyl (C=O) groups excluding carboxylic acids is 1. The zero-order valence-electron chi connectivity index (χ0n) is 17.2. The van der Waals surface area contributed by atoms with Crippen molar-refractivity contribution in [3.05, 3.63) is 80.9 Å². The molecule has 0 atom stereocenters. The Balaban J connectivity index is 1.55. The van der Waals surface area contributed by atoms with E-state index in [0.29, 0.717) is 11.5 Å². The normalized spacial score (nSPS) is 11.7. The molecule has 0 saturated heterocycles. The average Bonchev–Trinajstić information content (AvgIpc) is 3.49. The summed E-state index contributed by atoms with van der Waals surface area (Å²) in [6.07, 6.45) is 0.485. The quantitative estimate of drug-likeness (QED) is 0.361. The molecular weight excluding hydrogens is 507 g/mol. The van der Waals surface area contributed by atoms with Gasteiger partial charge in [0.1, 0.15) is 10.4 Å². The van der Waals surface area contributed by atoms with E-state index in [9.17, 15) is 22.8 Å². The van der Waals surface area contributed by atoms with Crippen LogP contribution in [0.2, 0.25) is 5.02 Å². The van der Waals surface area contributed by atoms with Crippen LogP contribution in [0.1, 0.15) is 15.2 Å². The Labute approximate surface area is 202 Å². The molecule has 0 spiro atoms. The van der Waals surface area contributed by atoms with Gasteiger partial charge in [0.2, 0.25) is 0 Å². The Hall–Kier alpha value is -4.10. The zero-order valence-corrected chi connectivity index (χ0v) is 18.7. The SMILES string of the molecule is O=C(Nc1cnc(-n2nccn2)c(Cl)c1)c1snc(-c2cccc3c(=O)[nH]ccc23)c1C(F)(F)F. The van der Waals surface area contributed by atoms with E-state index < -0.39 is 33.8 Å². The van der Waals surface area contributed by atoms with Crippen molar-refractivity contribution in [3.8, 4) is 17.1 Å². The molecule has 0 aliphatic rings. The third kappa shape index (κ3) is 4.15. The number of amides is 1. The molecule has 176 valence electrons. The minimum Gasteiger partial charge on any atom is -0.329 e. The van der Waals surface area contributed by atoms with E-state index in [-0.39, 0.29) is 32.9 Å². The Bertz CT molecular complexity index is 1630. The zero-order chi connectivity index (χ0) is 24.7. The monoisotopic (exact) mass is 517 g/mol. The van der Waals surface area contributed by atoms with E-state index in [4.69, 9.17) is 11.6 Å². The number of benzene rings is 1. The number of carbonyl (C=O) groups is 1. The second kappa shape index (κ2) is 8.60. The maximum Gasteiger partial charge on any atom is 0.420 e. The minimum absolute atomic E-state index is 0.0654. The molecular formula is C21H11ClF3N7O2S. The lowest BCUT2D eigenvalue weighted by molar-refractivity contribution is -0.137. The van der Waals surface area contributed by atoms with Crippen LogP contribution in [0.4, 0.5) is 18.9 Å². The van der Waals surface area contributed by atoms with Crippen LogP contribution in [0.25, 0.3) is 27.8 Å². The maximum absolute atomic E-state index is 14.1. The maximum atomic E-state index is 14.1. The summed E-state index contributed by atoms with van der Waals surface area (Å²) in [5.74, 6) is -0.862. The number of nitrogens with zero attached hydrogens (tertiary/aromatic N) is 5. The summed E-state index contributed by atoms with van der Waals surface area (Å²) >= 11 is 6.57. The van der Waals surface area contributed by atoms with Crippen LogP contribution in [0, 0.1) is 0 Å². The molecule has 1 amide bonds. The number of hydrogen-bond acceptors (Lipinski definition) is 7. The molecule has 14 heteroatoms. The van der Waals surface area contributed by atoms with Gasteiger partial charge in [0.05, 0.1) is 35.0 Å². The number of aromatic amines is 1. The standard InChI is InChI=1S/C21H11ClF3N7O2S/c22-14-8-10(9-27-18(14)32-28-6-7-29-32)30-20(34)17-15(21(23,24)25)16(31-35-17)12-2-1-3-13-11(12)4-5-26-19(13)33/h1-9H,(H,26,33)(H,30,34). The molecule has 1 aromatic carbocycles. The summed E-state index contributed by atoms with van der Waals surface area (Å²) in [6.45, 7) is 0. The summed E-state index contributed by atoms with van der Waals surface area (Å²) in [5.41, 5.74) is -1.96. The van der Waals surface area contributed by atoms with Crippen LogP contribution in [0.15, 0.2) is 59.9 Å². The second-order valence-electron chi connectivity index (χ2n) is 7.11. The Morgan fingerprint density at radius 3 is 2.63 bits per heavy atom. The van der Waals surface area contributed by atoms with Crippen molar-refractivity contribution in [1.82, 2.24) is 29.3 Å². The van der Waals surface area contributed by atoms with Gasteiger partial charge in [-0.25, -0.2) is 4.98 Å². The number of H-pyrrole nitrogens is 1. The van der Waals surface area contributed by atoms with Gasteiger partial charge >= 0.3 is 6.18 Å². The van der Waals surface area contributed by atoms with Crippen LogP contribution in [0.5, 0.6) is 0 Å². The van der Waals surface area contributed by atoms with Crippen LogP contribution in [-0.4, -0.2) is 35.2 Å². The largest absolute Gasteiger partial charge is 0.420 e. The summed E-state index contributed by atoms with van der Waals surface area (Å²) in [4.78, 5) is 32.0. The van der Waals surface area contributed by atoms with Gasteiger partial charge in [-0.3, -0.25) is 9.59 Å². The molecule has 9 nitrogen and oxygen atoms in total. The molecule has 4 aromatic heterocycles. The van der Waals surface area contributed by atoms with Crippen molar-refractivity contribution in [2.45, 2.75) is 6.18 Å². The second-order valence-corrected chi connectivity index (χ2v) is 8.29. The van der Waals surface area contributed by atoms with E-state index in [0.717, 1.165) is 4.80 Å². The number of nitrogens with one attached hydrogen (secondary N) is 2. The first-order chi connectivity index (χ1) is 16.7. The van der Waals surface area contributed by atoms with Crippen LogP contribution < -0.4 is 10.9 Å². The number of pyridine rings is 2. The van der Waals surface area contributed by atoms with Crippen molar-refractivity contribution in [2.24, 2.45) is 0 Å². The first-order valence-electron chi connectivity index (χ1n) is 9.75. The number of aromatic nitrogens is 6. The van der Waals surface area contributed by atoms with Crippen molar-refractivity contribution >= 4 is 45.5 Å². The van der Waals surface area contributed by atoms with Gasteiger partial charge in [0.15, 0.2) is 5.82 Å². The Kier molecular flexibility index (Phi) is 5.57. The molecule has 0 fully saturated rings. The molecule has 5 aromatic rings. The Morgan fingerprint density at radius 2 is 1.91 bits per heavy atom. The summed E-state index contributed by atoms with van der Waals surface area (Å²) < 4.78 is 46.4. The molecule has 0 aliphatic carbocycles. The third-order valence-corrected chi connectivity index (χ3v) is 6.06. The lowest BCUT2D eigenvalue weighted by atomic mass is 10.00. The van der Waals surface area contributed by atoms with Gasteiger partial charge < -0.3 is 10.3 Å². The predicted molar refractivity (Wildman–Crippen MR) is 123 cm³/mol. The lowest BCUT2D eigenvalue weighted by Gasteiger charge is -2.12. The average molecular weight is 518 g/mol. The third-order valence-electron chi connectivity index (χ3n) is 4.94. The highest BCUT2D eigenvalue weighted by Crippen LogP contribution is 2.42. The fourth-order valence-electron chi connectivity index (χ4n) is 3.48. The van der Waals surface area contributed by atoms with E-state index in [1.807, 2.05) is 0 Å². The molecule has 0 saturated carbocycles.